The number of carbonyl (C=O) groups is 1. The Labute approximate surface area is 154 Å². The van der Waals surface area contributed by atoms with Crippen molar-refractivity contribution >= 4 is 23.1 Å². The average molecular weight is 371 g/mol. The Hall–Kier alpha value is -3.00. The maximum atomic E-state index is 12.1. The molecule has 0 atom stereocenters. The molecule has 0 aliphatic carbocycles. The predicted molar refractivity (Wildman–Crippen MR) is 97.8 cm³/mol. The van der Waals surface area contributed by atoms with Gasteiger partial charge < -0.3 is 24.5 Å². The smallest absolute Gasteiger partial charge is 0.319 e. The molecule has 0 fully saturated rings. The summed E-state index contributed by atoms with van der Waals surface area (Å²) in [7, 11) is 0. The molecule has 1 aromatic carbocycles. The summed E-state index contributed by atoms with van der Waals surface area (Å²) in [4.78, 5) is 16.5. The Balaban J connectivity index is 1.33. The molecule has 3 aromatic rings. The highest BCUT2D eigenvalue weighted by molar-refractivity contribution is 7.09. The molecule has 0 radical (unpaired) electrons. The second kappa shape index (κ2) is 7.09. The number of hydrogen-bond donors (Lipinski definition) is 2. The predicted octanol–water partition coefficient (Wildman–Crippen LogP) is 3.80. The summed E-state index contributed by atoms with van der Waals surface area (Å²) in [6, 6.07) is 8.63. The number of amides is 2. The standard InChI is InChI=1S/C18H17N3O4S/c1-11-20-14(10-26-11)15-5-3-13(25-15)9-19-18(22)21-12-2-4-16-17(8-12)24-7-6-23-16/h2-5,8,10H,6-7,9H2,1H3,(H2,19,21,22). The number of hydrogen-bond acceptors (Lipinski definition) is 6. The second-order valence-corrected chi connectivity index (χ2v) is 6.75. The number of urea groups is 1. The first-order valence-corrected chi connectivity index (χ1v) is 9.01. The topological polar surface area (TPSA) is 85.6 Å². The molecule has 0 saturated heterocycles. The highest BCUT2D eigenvalue weighted by atomic mass is 32.1. The number of carbonyl (C=O) groups excluding carboxylic acids is 1. The zero-order chi connectivity index (χ0) is 17.9. The van der Waals surface area contributed by atoms with Gasteiger partial charge in [0.15, 0.2) is 17.3 Å². The number of aryl methyl sites for hydroxylation is 1. The minimum absolute atomic E-state index is 0.277. The maximum Gasteiger partial charge on any atom is 0.319 e. The molecule has 134 valence electrons. The Bertz CT molecular complexity index is 934. The largest absolute Gasteiger partial charge is 0.486 e. The van der Waals surface area contributed by atoms with Crippen LogP contribution in [0.2, 0.25) is 0 Å². The molecule has 8 heteroatoms. The van der Waals surface area contributed by atoms with Crippen LogP contribution in [0.1, 0.15) is 10.8 Å². The van der Waals surface area contributed by atoms with Gasteiger partial charge >= 0.3 is 6.03 Å². The number of aromatic nitrogens is 1. The molecule has 4 rings (SSSR count). The molecule has 1 aliphatic rings. The van der Waals surface area contributed by atoms with Gasteiger partial charge in [-0.15, -0.1) is 11.3 Å². The van der Waals surface area contributed by atoms with Crippen LogP contribution in [-0.2, 0) is 6.54 Å². The van der Waals surface area contributed by atoms with Crippen molar-refractivity contribution in [1.82, 2.24) is 10.3 Å². The summed E-state index contributed by atoms with van der Waals surface area (Å²) >= 11 is 1.57. The van der Waals surface area contributed by atoms with E-state index in [4.69, 9.17) is 13.9 Å². The lowest BCUT2D eigenvalue weighted by Crippen LogP contribution is -2.28. The van der Waals surface area contributed by atoms with Crippen molar-refractivity contribution in [1.29, 1.82) is 0 Å². The van der Waals surface area contributed by atoms with Crippen molar-refractivity contribution in [2.45, 2.75) is 13.5 Å². The third kappa shape index (κ3) is 3.65. The first-order valence-electron chi connectivity index (χ1n) is 8.13. The van der Waals surface area contributed by atoms with E-state index in [1.807, 2.05) is 24.4 Å². The number of thiazole rings is 1. The lowest BCUT2D eigenvalue weighted by Gasteiger charge is -2.19. The average Bonchev–Trinajstić information content (AvgIpc) is 3.29. The molecule has 2 amide bonds. The molecular weight excluding hydrogens is 354 g/mol. The van der Waals surface area contributed by atoms with Gasteiger partial charge in [0.2, 0.25) is 0 Å². The van der Waals surface area contributed by atoms with Crippen molar-refractivity contribution < 1.29 is 18.7 Å². The molecule has 1 aliphatic heterocycles. The number of benzene rings is 1. The van der Waals surface area contributed by atoms with Gasteiger partial charge in [-0.1, -0.05) is 0 Å². The fourth-order valence-electron chi connectivity index (χ4n) is 2.55. The monoisotopic (exact) mass is 371 g/mol. The van der Waals surface area contributed by atoms with E-state index in [0.29, 0.717) is 41.9 Å². The van der Waals surface area contributed by atoms with Crippen molar-refractivity contribution in [2.24, 2.45) is 0 Å². The molecule has 0 saturated carbocycles. The van der Waals surface area contributed by atoms with Crippen molar-refractivity contribution in [2.75, 3.05) is 18.5 Å². The summed E-state index contributed by atoms with van der Waals surface area (Å²) in [5.74, 6) is 2.66. The Morgan fingerprint density at radius 1 is 1.19 bits per heavy atom. The van der Waals surface area contributed by atoms with Crippen LogP contribution in [0.15, 0.2) is 40.1 Å². The third-order valence-electron chi connectivity index (χ3n) is 3.76. The Kier molecular flexibility index (Phi) is 4.49. The van der Waals surface area contributed by atoms with E-state index in [2.05, 4.69) is 15.6 Å². The van der Waals surface area contributed by atoms with Gasteiger partial charge in [0.1, 0.15) is 24.7 Å². The summed E-state index contributed by atoms with van der Waals surface area (Å²) in [6.45, 7) is 3.26. The lowest BCUT2D eigenvalue weighted by atomic mass is 10.2. The molecule has 0 unspecified atom stereocenters. The minimum Gasteiger partial charge on any atom is -0.486 e. The van der Waals surface area contributed by atoms with Gasteiger partial charge in [0.25, 0.3) is 0 Å². The van der Waals surface area contributed by atoms with E-state index < -0.39 is 0 Å². The highest BCUT2D eigenvalue weighted by Crippen LogP contribution is 2.32. The van der Waals surface area contributed by atoms with Crippen LogP contribution >= 0.6 is 11.3 Å². The van der Waals surface area contributed by atoms with Crippen molar-refractivity contribution in [3.63, 3.8) is 0 Å². The summed E-state index contributed by atoms with van der Waals surface area (Å²) in [5, 5.41) is 8.46. The van der Waals surface area contributed by atoms with Crippen LogP contribution in [-0.4, -0.2) is 24.2 Å². The second-order valence-electron chi connectivity index (χ2n) is 5.68. The van der Waals surface area contributed by atoms with E-state index in [-0.39, 0.29) is 12.6 Å². The fourth-order valence-corrected chi connectivity index (χ4v) is 3.15. The zero-order valence-electron chi connectivity index (χ0n) is 14.1. The van der Waals surface area contributed by atoms with Crippen LogP contribution in [0.25, 0.3) is 11.5 Å². The van der Waals surface area contributed by atoms with Gasteiger partial charge in [-0.2, -0.15) is 0 Å². The first kappa shape index (κ1) is 16.5. The molecule has 2 N–H and O–H groups in total. The number of nitrogens with zero attached hydrogens (tertiary/aromatic N) is 1. The number of anilines is 1. The Morgan fingerprint density at radius 3 is 2.85 bits per heavy atom. The van der Waals surface area contributed by atoms with Gasteiger partial charge in [-0.25, -0.2) is 9.78 Å². The maximum absolute atomic E-state index is 12.1. The van der Waals surface area contributed by atoms with Gasteiger partial charge in [-0.3, -0.25) is 0 Å². The fraction of sp³-hybridized carbons (Fsp3) is 0.222. The van der Waals surface area contributed by atoms with Crippen LogP contribution < -0.4 is 20.1 Å². The number of rotatable bonds is 4. The SMILES string of the molecule is Cc1nc(-c2ccc(CNC(=O)Nc3ccc4c(c3)OCCO4)o2)cs1. The minimum atomic E-state index is -0.330. The molecule has 7 nitrogen and oxygen atoms in total. The van der Waals surface area contributed by atoms with E-state index >= 15 is 0 Å². The van der Waals surface area contributed by atoms with Gasteiger partial charge in [-0.05, 0) is 31.2 Å². The summed E-state index contributed by atoms with van der Waals surface area (Å²) in [5.41, 5.74) is 1.43. The van der Waals surface area contributed by atoms with Crippen LogP contribution in [0.3, 0.4) is 0 Å². The first-order chi connectivity index (χ1) is 12.7. The molecule has 2 aromatic heterocycles. The Morgan fingerprint density at radius 2 is 2.04 bits per heavy atom. The lowest BCUT2D eigenvalue weighted by molar-refractivity contribution is 0.171. The van der Waals surface area contributed by atoms with E-state index in [9.17, 15) is 4.79 Å². The van der Waals surface area contributed by atoms with Crippen LogP contribution in [0.5, 0.6) is 11.5 Å². The van der Waals surface area contributed by atoms with Crippen molar-refractivity contribution in [3.05, 3.63) is 46.5 Å². The molecule has 3 heterocycles. The van der Waals surface area contributed by atoms with Crippen molar-refractivity contribution in [3.8, 4) is 23.0 Å². The molecule has 26 heavy (non-hydrogen) atoms. The third-order valence-corrected chi connectivity index (χ3v) is 4.53. The van der Waals surface area contributed by atoms with E-state index in [0.717, 1.165) is 10.7 Å². The van der Waals surface area contributed by atoms with Crippen LogP contribution in [0, 0.1) is 6.92 Å². The summed E-state index contributed by atoms with van der Waals surface area (Å²) in [6.07, 6.45) is 0. The molecular formula is C18H17N3O4S. The number of fused-ring (bicyclic) bond motifs is 1. The number of furan rings is 1. The normalized spacial score (nSPS) is 12.7. The quantitative estimate of drug-likeness (QED) is 0.728. The summed E-state index contributed by atoms with van der Waals surface area (Å²) < 4.78 is 16.7. The number of nitrogens with one attached hydrogen (secondary N) is 2. The zero-order valence-corrected chi connectivity index (χ0v) is 14.9. The van der Waals surface area contributed by atoms with E-state index in [1.54, 1.807) is 29.5 Å². The molecule has 0 bridgehead atoms. The number of ether oxygens (including phenoxy) is 2. The van der Waals surface area contributed by atoms with Gasteiger partial charge in [0, 0.05) is 17.1 Å². The van der Waals surface area contributed by atoms with Gasteiger partial charge in [0.05, 0.1) is 11.6 Å². The van der Waals surface area contributed by atoms with Crippen LogP contribution in [0.4, 0.5) is 10.5 Å². The highest BCUT2D eigenvalue weighted by Gasteiger charge is 2.13. The van der Waals surface area contributed by atoms with E-state index in [1.165, 1.54) is 0 Å². The molecule has 0 spiro atoms.